The molecule has 7 heteroatoms. The lowest BCUT2D eigenvalue weighted by atomic mass is 10.1. The Hall–Kier alpha value is -2.44. The second-order valence-corrected chi connectivity index (χ2v) is 4.14. The molecule has 0 heterocycles. The first kappa shape index (κ1) is 15.0. The highest BCUT2D eigenvalue weighted by Crippen LogP contribution is 2.15. The lowest BCUT2D eigenvalue weighted by Gasteiger charge is -2.08. The minimum absolute atomic E-state index is 0.0345. The molecule has 1 amide bonds. The molecular formula is C14H8F5NO. The molecule has 0 saturated carbocycles. The van der Waals surface area contributed by atoms with Crippen LogP contribution >= 0.6 is 0 Å². The van der Waals surface area contributed by atoms with Crippen molar-refractivity contribution in [2.45, 2.75) is 6.54 Å². The lowest BCUT2D eigenvalue weighted by Crippen LogP contribution is -2.25. The SMILES string of the molecule is O=C(NCc1ccc(F)cc1F)c1ccc(F)c(F)c1F. The number of amides is 1. The summed E-state index contributed by atoms with van der Waals surface area (Å²) in [7, 11) is 0. The molecule has 0 fully saturated rings. The molecule has 0 bridgehead atoms. The third-order valence-electron chi connectivity index (χ3n) is 2.73. The molecule has 0 radical (unpaired) electrons. The summed E-state index contributed by atoms with van der Waals surface area (Å²) in [6.45, 7) is -0.358. The quantitative estimate of drug-likeness (QED) is 0.684. The summed E-state index contributed by atoms with van der Waals surface area (Å²) in [5.41, 5.74) is -0.746. The summed E-state index contributed by atoms with van der Waals surface area (Å²) in [4.78, 5) is 11.6. The summed E-state index contributed by atoms with van der Waals surface area (Å²) in [5.74, 6) is -7.54. The molecular weight excluding hydrogens is 293 g/mol. The van der Waals surface area contributed by atoms with Crippen molar-refractivity contribution in [3.8, 4) is 0 Å². The molecule has 2 aromatic rings. The first-order valence-electron chi connectivity index (χ1n) is 5.75. The normalized spacial score (nSPS) is 10.5. The third kappa shape index (κ3) is 3.18. The van der Waals surface area contributed by atoms with Crippen molar-refractivity contribution in [1.82, 2.24) is 5.32 Å². The van der Waals surface area contributed by atoms with E-state index in [0.29, 0.717) is 12.1 Å². The molecule has 0 atom stereocenters. The molecule has 21 heavy (non-hydrogen) atoms. The second-order valence-electron chi connectivity index (χ2n) is 4.14. The molecule has 0 unspecified atom stereocenters. The van der Waals surface area contributed by atoms with Crippen LogP contribution in [-0.4, -0.2) is 5.91 Å². The highest BCUT2D eigenvalue weighted by atomic mass is 19.2. The predicted octanol–water partition coefficient (Wildman–Crippen LogP) is 3.31. The number of nitrogens with one attached hydrogen (secondary N) is 1. The fourth-order valence-corrected chi connectivity index (χ4v) is 1.64. The maximum atomic E-state index is 13.4. The Kier molecular flexibility index (Phi) is 4.21. The Labute approximate surface area is 116 Å². The number of hydrogen-bond acceptors (Lipinski definition) is 1. The van der Waals surface area contributed by atoms with Gasteiger partial charge in [-0.15, -0.1) is 0 Å². The fraction of sp³-hybridized carbons (Fsp3) is 0.0714. The van der Waals surface area contributed by atoms with E-state index in [4.69, 9.17) is 0 Å². The topological polar surface area (TPSA) is 29.1 Å². The summed E-state index contributed by atoms with van der Waals surface area (Å²) in [5, 5.41) is 2.13. The Morgan fingerprint density at radius 1 is 0.905 bits per heavy atom. The van der Waals surface area contributed by atoms with Gasteiger partial charge in [0.2, 0.25) is 0 Å². The first-order valence-corrected chi connectivity index (χ1v) is 5.75. The Balaban J connectivity index is 2.14. The second kappa shape index (κ2) is 5.90. The minimum Gasteiger partial charge on any atom is -0.348 e. The molecule has 0 aliphatic carbocycles. The Morgan fingerprint density at radius 3 is 2.29 bits per heavy atom. The smallest absolute Gasteiger partial charge is 0.254 e. The highest BCUT2D eigenvalue weighted by molar-refractivity contribution is 5.94. The average molecular weight is 301 g/mol. The van der Waals surface area contributed by atoms with Gasteiger partial charge in [0, 0.05) is 18.2 Å². The average Bonchev–Trinajstić information content (AvgIpc) is 2.43. The van der Waals surface area contributed by atoms with Gasteiger partial charge in [0.05, 0.1) is 5.56 Å². The van der Waals surface area contributed by atoms with Crippen LogP contribution in [-0.2, 0) is 6.54 Å². The molecule has 110 valence electrons. The van der Waals surface area contributed by atoms with E-state index in [2.05, 4.69) is 5.32 Å². The number of rotatable bonds is 3. The van der Waals surface area contributed by atoms with Crippen molar-refractivity contribution in [2.24, 2.45) is 0 Å². The standard InChI is InChI=1S/C14H8F5NO/c15-8-2-1-7(11(17)5-8)6-20-14(21)9-3-4-10(16)13(19)12(9)18/h1-5H,6H2,(H,20,21). The molecule has 0 spiro atoms. The van der Waals surface area contributed by atoms with Crippen LogP contribution in [0.4, 0.5) is 22.0 Å². The van der Waals surface area contributed by atoms with Gasteiger partial charge in [0.15, 0.2) is 17.5 Å². The van der Waals surface area contributed by atoms with Crippen LogP contribution in [0.3, 0.4) is 0 Å². The predicted molar refractivity (Wildman–Crippen MR) is 63.8 cm³/mol. The summed E-state index contributed by atoms with van der Waals surface area (Å²) in [6.07, 6.45) is 0. The summed E-state index contributed by atoms with van der Waals surface area (Å²) < 4.78 is 65.1. The molecule has 0 aliphatic heterocycles. The monoisotopic (exact) mass is 301 g/mol. The van der Waals surface area contributed by atoms with Crippen LogP contribution in [0.1, 0.15) is 15.9 Å². The van der Waals surface area contributed by atoms with Crippen molar-refractivity contribution < 1.29 is 26.7 Å². The van der Waals surface area contributed by atoms with Gasteiger partial charge in [0.25, 0.3) is 5.91 Å². The van der Waals surface area contributed by atoms with Gasteiger partial charge in [-0.1, -0.05) is 6.07 Å². The molecule has 0 aliphatic rings. The van der Waals surface area contributed by atoms with Gasteiger partial charge in [-0.25, -0.2) is 22.0 Å². The number of carbonyl (C=O) groups is 1. The third-order valence-corrected chi connectivity index (χ3v) is 2.73. The summed E-state index contributed by atoms with van der Waals surface area (Å²) >= 11 is 0. The van der Waals surface area contributed by atoms with Gasteiger partial charge >= 0.3 is 0 Å². The Morgan fingerprint density at radius 2 is 1.62 bits per heavy atom. The number of halogens is 5. The van der Waals surface area contributed by atoms with E-state index in [1.54, 1.807) is 0 Å². The largest absolute Gasteiger partial charge is 0.348 e. The number of hydrogen-bond donors (Lipinski definition) is 1. The molecule has 2 rings (SSSR count). The maximum absolute atomic E-state index is 13.4. The lowest BCUT2D eigenvalue weighted by molar-refractivity contribution is 0.0945. The van der Waals surface area contributed by atoms with E-state index >= 15 is 0 Å². The van der Waals surface area contributed by atoms with Crippen LogP contribution in [0.2, 0.25) is 0 Å². The minimum atomic E-state index is -1.77. The fourth-order valence-electron chi connectivity index (χ4n) is 1.64. The summed E-state index contributed by atoms with van der Waals surface area (Å²) in [6, 6.07) is 4.09. The van der Waals surface area contributed by atoms with E-state index in [0.717, 1.165) is 18.2 Å². The van der Waals surface area contributed by atoms with Crippen molar-refractivity contribution in [3.63, 3.8) is 0 Å². The van der Waals surface area contributed by atoms with E-state index in [1.807, 2.05) is 0 Å². The van der Waals surface area contributed by atoms with Crippen LogP contribution in [0.5, 0.6) is 0 Å². The van der Waals surface area contributed by atoms with Crippen molar-refractivity contribution in [2.75, 3.05) is 0 Å². The molecule has 2 aromatic carbocycles. The molecule has 1 N–H and O–H groups in total. The molecule has 0 aromatic heterocycles. The van der Waals surface area contributed by atoms with Gasteiger partial charge in [-0.05, 0) is 18.2 Å². The zero-order valence-electron chi connectivity index (χ0n) is 10.4. The first-order chi connectivity index (χ1) is 9.90. The van der Waals surface area contributed by atoms with Crippen molar-refractivity contribution in [3.05, 3.63) is 70.5 Å². The van der Waals surface area contributed by atoms with Gasteiger partial charge < -0.3 is 5.32 Å². The Bertz CT molecular complexity index is 702. The van der Waals surface area contributed by atoms with Gasteiger partial charge in [0.1, 0.15) is 11.6 Å². The van der Waals surface area contributed by atoms with Gasteiger partial charge in [-0.3, -0.25) is 4.79 Å². The van der Waals surface area contributed by atoms with E-state index in [9.17, 15) is 26.7 Å². The van der Waals surface area contributed by atoms with E-state index < -0.39 is 40.6 Å². The zero-order chi connectivity index (χ0) is 15.6. The number of carbonyl (C=O) groups excluding carboxylic acids is 1. The molecule has 2 nitrogen and oxygen atoms in total. The van der Waals surface area contributed by atoms with Crippen molar-refractivity contribution in [1.29, 1.82) is 0 Å². The van der Waals surface area contributed by atoms with Crippen LogP contribution < -0.4 is 5.32 Å². The van der Waals surface area contributed by atoms with Gasteiger partial charge in [-0.2, -0.15) is 0 Å². The van der Waals surface area contributed by atoms with E-state index in [1.165, 1.54) is 0 Å². The van der Waals surface area contributed by atoms with Crippen LogP contribution in [0, 0.1) is 29.1 Å². The van der Waals surface area contributed by atoms with Crippen LogP contribution in [0.15, 0.2) is 30.3 Å². The highest BCUT2D eigenvalue weighted by Gasteiger charge is 2.18. The number of benzene rings is 2. The maximum Gasteiger partial charge on any atom is 0.254 e. The zero-order valence-corrected chi connectivity index (χ0v) is 10.4. The molecule has 0 saturated heterocycles. The van der Waals surface area contributed by atoms with Crippen molar-refractivity contribution >= 4 is 5.91 Å². The van der Waals surface area contributed by atoms with Crippen LogP contribution in [0.25, 0.3) is 0 Å². The van der Waals surface area contributed by atoms with E-state index in [-0.39, 0.29) is 12.1 Å².